The number of nitrogens with two attached hydrogens (primary N) is 1. The molecule has 0 aliphatic carbocycles. The minimum Gasteiger partial charge on any atom is -0.465 e. The second kappa shape index (κ2) is 5.51. The van der Waals surface area contributed by atoms with Crippen molar-refractivity contribution in [3.05, 3.63) is 24.4 Å². The summed E-state index contributed by atoms with van der Waals surface area (Å²) in [6.45, 7) is 1.45. The lowest BCUT2D eigenvalue weighted by Crippen LogP contribution is -2.30. The van der Waals surface area contributed by atoms with E-state index in [1.807, 2.05) is 0 Å². The molecule has 2 aromatic rings. The number of hydrogen-bond donors (Lipinski definition) is 3. The largest absolute Gasteiger partial charge is 0.465 e. The molecule has 0 bridgehead atoms. The van der Waals surface area contributed by atoms with E-state index in [0.29, 0.717) is 16.6 Å². The van der Waals surface area contributed by atoms with Gasteiger partial charge in [0.2, 0.25) is 10.0 Å². The molecule has 0 fully saturated rings. The number of aromatic nitrogens is 1. The Hall–Kier alpha value is -2.06. The van der Waals surface area contributed by atoms with E-state index in [1.54, 1.807) is 25.1 Å². The monoisotopic (exact) mass is 297 g/mol. The molecule has 0 unspecified atom stereocenters. The minimum atomic E-state index is -3.79. The summed E-state index contributed by atoms with van der Waals surface area (Å²) >= 11 is 0. The molecule has 0 aliphatic rings. The van der Waals surface area contributed by atoms with Crippen LogP contribution >= 0.6 is 0 Å². The molecule has 20 heavy (non-hydrogen) atoms. The number of aromatic amines is 1. The second-order valence-electron chi connectivity index (χ2n) is 4.09. The Kier molecular flexibility index (Phi) is 3.96. The summed E-state index contributed by atoms with van der Waals surface area (Å²) in [5, 5.41) is 0.510. The molecule has 0 saturated carbocycles. The summed E-state index contributed by atoms with van der Waals surface area (Å²) in [6.07, 6.45) is 1.36. The first-order valence-electron chi connectivity index (χ1n) is 5.96. The predicted molar refractivity (Wildman–Crippen MR) is 74.5 cm³/mol. The number of ether oxygens (including phenoxy) is 1. The maximum atomic E-state index is 12.1. The summed E-state index contributed by atoms with van der Waals surface area (Å²) in [5.74, 6) is -0.625. The van der Waals surface area contributed by atoms with E-state index in [4.69, 9.17) is 5.73 Å². The maximum absolute atomic E-state index is 12.1. The van der Waals surface area contributed by atoms with Crippen molar-refractivity contribution < 1.29 is 17.9 Å². The van der Waals surface area contributed by atoms with Crippen molar-refractivity contribution in [3.8, 4) is 0 Å². The van der Waals surface area contributed by atoms with Gasteiger partial charge in [-0.25, -0.2) is 8.42 Å². The predicted octanol–water partition coefficient (Wildman–Crippen LogP) is 0.591. The zero-order valence-electron chi connectivity index (χ0n) is 10.8. The van der Waals surface area contributed by atoms with E-state index in [9.17, 15) is 13.2 Å². The number of hydrogen-bond acceptors (Lipinski definition) is 5. The number of rotatable bonds is 5. The third-order valence-corrected chi connectivity index (χ3v) is 4.11. The van der Waals surface area contributed by atoms with Crippen LogP contribution in [0.3, 0.4) is 0 Å². The Morgan fingerprint density at radius 1 is 1.45 bits per heavy atom. The van der Waals surface area contributed by atoms with Crippen molar-refractivity contribution in [1.29, 1.82) is 0 Å². The number of nitrogens with one attached hydrogen (secondary N) is 2. The van der Waals surface area contributed by atoms with Gasteiger partial charge in [-0.05, 0) is 25.1 Å². The summed E-state index contributed by atoms with van der Waals surface area (Å²) in [7, 11) is -3.79. The van der Waals surface area contributed by atoms with Gasteiger partial charge in [-0.15, -0.1) is 0 Å². The lowest BCUT2D eigenvalue weighted by Gasteiger charge is -2.05. The minimum absolute atomic E-state index is 0.0665. The fraction of sp³-hybridized carbons (Fsp3) is 0.250. The number of anilines is 1. The van der Waals surface area contributed by atoms with Crippen LogP contribution in [0.15, 0.2) is 29.3 Å². The molecule has 0 saturated heterocycles. The van der Waals surface area contributed by atoms with Gasteiger partial charge >= 0.3 is 5.97 Å². The molecule has 0 atom stereocenters. The first-order valence-corrected chi connectivity index (χ1v) is 7.44. The number of fused-ring (bicyclic) bond motifs is 1. The number of carbonyl (C=O) groups excluding carboxylic acids is 1. The van der Waals surface area contributed by atoms with Gasteiger partial charge in [0.25, 0.3) is 0 Å². The number of esters is 1. The Morgan fingerprint density at radius 2 is 2.20 bits per heavy atom. The molecule has 1 aromatic carbocycles. The highest BCUT2D eigenvalue weighted by Crippen LogP contribution is 2.24. The number of benzene rings is 1. The van der Waals surface area contributed by atoms with Crippen LogP contribution < -0.4 is 10.5 Å². The Balaban J connectivity index is 2.26. The van der Waals surface area contributed by atoms with Crippen LogP contribution in [0, 0.1) is 0 Å². The number of carbonyl (C=O) groups is 1. The summed E-state index contributed by atoms with van der Waals surface area (Å²) in [5.41, 5.74) is 6.77. The van der Waals surface area contributed by atoms with Gasteiger partial charge in [-0.3, -0.25) is 4.79 Å². The summed E-state index contributed by atoms with van der Waals surface area (Å²) < 4.78 is 31.1. The smallest absolute Gasteiger partial charge is 0.321 e. The standard InChI is InChI=1S/C12H15N3O4S/c1-2-19-12(16)7-15-20(17,18)11-6-14-10-5-8(13)3-4-9(10)11/h3-6,14-15H,2,7,13H2,1H3. The van der Waals surface area contributed by atoms with E-state index < -0.39 is 22.5 Å². The van der Waals surface area contributed by atoms with Crippen molar-refractivity contribution in [2.75, 3.05) is 18.9 Å². The van der Waals surface area contributed by atoms with Gasteiger partial charge < -0.3 is 15.5 Å². The molecule has 0 aliphatic heterocycles. The van der Waals surface area contributed by atoms with Crippen molar-refractivity contribution in [2.45, 2.75) is 11.8 Å². The lowest BCUT2D eigenvalue weighted by atomic mass is 10.2. The molecule has 1 heterocycles. The molecular weight excluding hydrogens is 282 g/mol. The Morgan fingerprint density at radius 3 is 2.90 bits per heavy atom. The molecule has 0 amide bonds. The summed E-state index contributed by atoms with van der Waals surface area (Å²) in [4.78, 5) is 14.1. The van der Waals surface area contributed by atoms with Gasteiger partial charge in [-0.2, -0.15) is 4.72 Å². The van der Waals surface area contributed by atoms with Crippen LogP contribution in [0.25, 0.3) is 10.9 Å². The zero-order valence-corrected chi connectivity index (χ0v) is 11.7. The summed E-state index contributed by atoms with van der Waals surface area (Å²) in [6, 6.07) is 4.86. The number of H-pyrrole nitrogens is 1. The van der Waals surface area contributed by atoms with Crippen LogP contribution in [0.5, 0.6) is 0 Å². The highest BCUT2D eigenvalue weighted by atomic mass is 32.2. The Labute approximate surface area is 116 Å². The van der Waals surface area contributed by atoms with Crippen LogP contribution in [0.1, 0.15) is 6.92 Å². The third kappa shape index (κ3) is 2.91. The second-order valence-corrected chi connectivity index (χ2v) is 5.82. The molecule has 4 N–H and O–H groups in total. The van der Waals surface area contributed by atoms with E-state index in [-0.39, 0.29) is 11.5 Å². The number of nitrogen functional groups attached to an aromatic ring is 1. The van der Waals surface area contributed by atoms with Crippen LogP contribution in [-0.2, 0) is 19.6 Å². The van der Waals surface area contributed by atoms with Crippen molar-refractivity contribution >= 4 is 32.6 Å². The van der Waals surface area contributed by atoms with E-state index in [0.717, 1.165) is 0 Å². The van der Waals surface area contributed by atoms with Gasteiger partial charge in [0, 0.05) is 22.8 Å². The highest BCUT2D eigenvalue weighted by molar-refractivity contribution is 7.89. The number of sulfonamides is 1. The average molecular weight is 297 g/mol. The first kappa shape index (κ1) is 14.4. The molecule has 0 radical (unpaired) electrons. The van der Waals surface area contributed by atoms with Crippen LogP contribution in [0.2, 0.25) is 0 Å². The first-order chi connectivity index (χ1) is 9.44. The molecular formula is C12H15N3O4S. The molecule has 1 aromatic heterocycles. The van der Waals surface area contributed by atoms with E-state index in [1.165, 1.54) is 6.20 Å². The Bertz CT molecular complexity index is 736. The van der Waals surface area contributed by atoms with Gasteiger partial charge in [0.1, 0.15) is 11.4 Å². The fourth-order valence-corrected chi connectivity index (χ4v) is 2.93. The molecule has 0 spiro atoms. The maximum Gasteiger partial charge on any atom is 0.321 e. The molecule has 8 heteroatoms. The molecule has 108 valence electrons. The zero-order chi connectivity index (χ0) is 14.8. The normalized spacial score (nSPS) is 11.7. The van der Waals surface area contributed by atoms with Crippen molar-refractivity contribution in [1.82, 2.24) is 9.71 Å². The lowest BCUT2D eigenvalue weighted by molar-refractivity contribution is -0.141. The average Bonchev–Trinajstić information content (AvgIpc) is 2.80. The molecule has 7 nitrogen and oxygen atoms in total. The van der Waals surface area contributed by atoms with Gasteiger partial charge in [0.15, 0.2) is 0 Å². The third-order valence-electron chi connectivity index (χ3n) is 2.67. The van der Waals surface area contributed by atoms with E-state index in [2.05, 4.69) is 14.4 Å². The molecule has 2 rings (SSSR count). The van der Waals surface area contributed by atoms with E-state index >= 15 is 0 Å². The highest BCUT2D eigenvalue weighted by Gasteiger charge is 2.20. The SMILES string of the molecule is CCOC(=O)CNS(=O)(=O)c1c[nH]c2cc(N)ccc12. The van der Waals surface area contributed by atoms with Crippen LogP contribution in [-0.4, -0.2) is 32.5 Å². The van der Waals surface area contributed by atoms with Crippen molar-refractivity contribution in [3.63, 3.8) is 0 Å². The topological polar surface area (TPSA) is 114 Å². The van der Waals surface area contributed by atoms with Gasteiger partial charge in [0.05, 0.1) is 6.61 Å². The fourth-order valence-electron chi connectivity index (χ4n) is 1.78. The van der Waals surface area contributed by atoms with Gasteiger partial charge in [-0.1, -0.05) is 0 Å². The quantitative estimate of drug-likeness (QED) is 0.552. The van der Waals surface area contributed by atoms with Crippen LogP contribution in [0.4, 0.5) is 5.69 Å². The van der Waals surface area contributed by atoms with Crippen molar-refractivity contribution in [2.24, 2.45) is 0 Å².